The van der Waals surface area contributed by atoms with Crippen LogP contribution in [0, 0.1) is 5.82 Å². The number of rotatable bonds is 5. The number of benzene rings is 1. The summed E-state index contributed by atoms with van der Waals surface area (Å²) in [6.45, 7) is 0.560. The smallest absolute Gasteiger partial charge is 0.241 e. The second-order valence-corrected chi connectivity index (χ2v) is 6.42. The topological polar surface area (TPSA) is 56.7 Å². The molecular formula is C18H27FN4O. The summed E-state index contributed by atoms with van der Waals surface area (Å²) in [6.07, 6.45) is 5.93. The molecule has 1 aliphatic carbocycles. The number of carbonyl (C=O) groups excluding carboxylic acids is 1. The van der Waals surface area contributed by atoms with Crippen LogP contribution < -0.4 is 10.6 Å². The fraction of sp³-hybridized carbons (Fsp3) is 0.556. The first kappa shape index (κ1) is 18.2. The normalized spacial score (nSPS) is 15.9. The zero-order valence-electron chi connectivity index (χ0n) is 14.5. The molecule has 0 heterocycles. The zero-order chi connectivity index (χ0) is 17.4. The molecule has 0 radical (unpaired) electrons. The fourth-order valence-electron chi connectivity index (χ4n) is 2.72. The Morgan fingerprint density at radius 1 is 1.29 bits per heavy atom. The molecule has 1 aromatic rings. The first-order valence-electron chi connectivity index (χ1n) is 8.54. The van der Waals surface area contributed by atoms with Gasteiger partial charge in [0.15, 0.2) is 5.96 Å². The van der Waals surface area contributed by atoms with E-state index in [1.807, 2.05) is 6.07 Å². The lowest BCUT2D eigenvalue weighted by molar-refractivity contribution is -0.127. The Bertz CT molecular complexity index is 568. The largest absolute Gasteiger partial charge is 0.354 e. The van der Waals surface area contributed by atoms with Crippen molar-refractivity contribution in [3.05, 3.63) is 35.6 Å². The molecular weight excluding hydrogens is 307 g/mol. The molecule has 0 spiro atoms. The molecule has 1 amide bonds. The predicted octanol–water partition coefficient (Wildman–Crippen LogP) is 2.28. The van der Waals surface area contributed by atoms with E-state index < -0.39 is 0 Å². The summed E-state index contributed by atoms with van der Waals surface area (Å²) < 4.78 is 13.3. The van der Waals surface area contributed by atoms with Gasteiger partial charge in [-0.15, -0.1) is 0 Å². The zero-order valence-corrected chi connectivity index (χ0v) is 14.5. The maximum Gasteiger partial charge on any atom is 0.241 e. The van der Waals surface area contributed by atoms with E-state index in [0.29, 0.717) is 18.5 Å². The lowest BCUT2D eigenvalue weighted by Crippen LogP contribution is -2.47. The Morgan fingerprint density at radius 2 is 2.04 bits per heavy atom. The molecule has 5 nitrogen and oxygen atoms in total. The van der Waals surface area contributed by atoms with E-state index in [0.717, 1.165) is 18.4 Å². The van der Waals surface area contributed by atoms with Crippen molar-refractivity contribution in [1.82, 2.24) is 15.5 Å². The SMILES string of the molecule is CN(C)C(=O)CNC(=NCc1cccc(F)c1)NC1CCCCC1. The molecule has 6 heteroatoms. The first-order valence-corrected chi connectivity index (χ1v) is 8.54. The molecule has 0 saturated heterocycles. The van der Waals surface area contributed by atoms with Crippen LogP contribution in [0.5, 0.6) is 0 Å². The maximum absolute atomic E-state index is 13.3. The second kappa shape index (κ2) is 9.25. The molecule has 0 atom stereocenters. The first-order chi connectivity index (χ1) is 11.5. The highest BCUT2D eigenvalue weighted by molar-refractivity contribution is 5.86. The molecule has 0 aliphatic heterocycles. The lowest BCUT2D eigenvalue weighted by Gasteiger charge is -2.25. The van der Waals surface area contributed by atoms with Crippen molar-refractivity contribution >= 4 is 11.9 Å². The van der Waals surface area contributed by atoms with Crippen molar-refractivity contribution in [2.75, 3.05) is 20.6 Å². The van der Waals surface area contributed by atoms with Crippen LogP contribution in [0.4, 0.5) is 4.39 Å². The van der Waals surface area contributed by atoms with Gasteiger partial charge in [0.25, 0.3) is 0 Å². The highest BCUT2D eigenvalue weighted by Gasteiger charge is 2.15. The molecule has 2 rings (SSSR count). The van der Waals surface area contributed by atoms with Crippen LogP contribution >= 0.6 is 0 Å². The van der Waals surface area contributed by atoms with Gasteiger partial charge >= 0.3 is 0 Å². The Balaban J connectivity index is 1.99. The average Bonchev–Trinajstić information content (AvgIpc) is 2.58. The van der Waals surface area contributed by atoms with E-state index in [1.54, 1.807) is 20.2 Å². The van der Waals surface area contributed by atoms with E-state index >= 15 is 0 Å². The van der Waals surface area contributed by atoms with Crippen LogP contribution in [-0.2, 0) is 11.3 Å². The summed E-state index contributed by atoms with van der Waals surface area (Å²) in [4.78, 5) is 17.8. The van der Waals surface area contributed by atoms with Crippen LogP contribution in [0.25, 0.3) is 0 Å². The van der Waals surface area contributed by atoms with Crippen LogP contribution in [-0.4, -0.2) is 43.4 Å². The van der Waals surface area contributed by atoms with E-state index in [1.165, 1.54) is 36.3 Å². The van der Waals surface area contributed by atoms with Crippen LogP contribution in [0.15, 0.2) is 29.3 Å². The summed E-state index contributed by atoms with van der Waals surface area (Å²) in [5.74, 6) is 0.334. The number of aliphatic imine (C=N–C) groups is 1. The number of nitrogens with zero attached hydrogens (tertiary/aromatic N) is 2. The standard InChI is InChI=1S/C18H27FN4O/c1-23(2)17(24)13-21-18(22-16-9-4-3-5-10-16)20-12-14-7-6-8-15(19)11-14/h6-8,11,16H,3-5,9-10,12-13H2,1-2H3,(H2,20,21,22). The van der Waals surface area contributed by atoms with Gasteiger partial charge < -0.3 is 15.5 Å². The fourth-order valence-corrected chi connectivity index (χ4v) is 2.72. The Labute approximate surface area is 143 Å². The van der Waals surface area contributed by atoms with Crippen molar-refractivity contribution in [2.24, 2.45) is 4.99 Å². The Hall–Kier alpha value is -2.11. The summed E-state index contributed by atoms with van der Waals surface area (Å²) >= 11 is 0. The minimum absolute atomic E-state index is 0.0149. The molecule has 24 heavy (non-hydrogen) atoms. The van der Waals surface area contributed by atoms with Crippen molar-refractivity contribution in [2.45, 2.75) is 44.7 Å². The molecule has 1 aliphatic rings. The lowest BCUT2D eigenvalue weighted by atomic mass is 9.96. The molecule has 2 N–H and O–H groups in total. The van der Waals surface area contributed by atoms with Gasteiger partial charge in [-0.2, -0.15) is 0 Å². The maximum atomic E-state index is 13.3. The quantitative estimate of drug-likeness (QED) is 0.642. The van der Waals surface area contributed by atoms with Gasteiger partial charge in [0.1, 0.15) is 5.82 Å². The second-order valence-electron chi connectivity index (χ2n) is 6.42. The molecule has 0 bridgehead atoms. The molecule has 1 saturated carbocycles. The summed E-state index contributed by atoms with van der Waals surface area (Å²) in [5.41, 5.74) is 0.804. The highest BCUT2D eigenvalue weighted by atomic mass is 19.1. The third-order valence-electron chi connectivity index (χ3n) is 4.16. The van der Waals surface area contributed by atoms with Crippen molar-refractivity contribution in [3.63, 3.8) is 0 Å². The van der Waals surface area contributed by atoms with Gasteiger partial charge in [0.2, 0.25) is 5.91 Å². The third kappa shape index (κ3) is 6.18. The van der Waals surface area contributed by atoms with Crippen LogP contribution in [0.2, 0.25) is 0 Å². The predicted molar refractivity (Wildman–Crippen MR) is 94.2 cm³/mol. The van der Waals surface area contributed by atoms with Crippen molar-refractivity contribution in [3.8, 4) is 0 Å². The molecule has 0 unspecified atom stereocenters. The van der Waals surface area contributed by atoms with Gasteiger partial charge in [0, 0.05) is 20.1 Å². The van der Waals surface area contributed by atoms with Crippen LogP contribution in [0.3, 0.4) is 0 Å². The summed E-state index contributed by atoms with van der Waals surface area (Å²) in [6, 6.07) is 6.80. The van der Waals surface area contributed by atoms with Crippen molar-refractivity contribution in [1.29, 1.82) is 0 Å². The Morgan fingerprint density at radius 3 is 2.71 bits per heavy atom. The summed E-state index contributed by atoms with van der Waals surface area (Å²) in [5, 5.41) is 6.50. The van der Waals surface area contributed by atoms with E-state index in [-0.39, 0.29) is 18.3 Å². The van der Waals surface area contributed by atoms with E-state index in [4.69, 9.17) is 0 Å². The van der Waals surface area contributed by atoms with Gasteiger partial charge in [0.05, 0.1) is 13.1 Å². The number of hydrogen-bond acceptors (Lipinski definition) is 2. The van der Waals surface area contributed by atoms with Gasteiger partial charge in [-0.1, -0.05) is 31.4 Å². The summed E-state index contributed by atoms with van der Waals surface area (Å²) in [7, 11) is 3.45. The molecule has 1 fully saturated rings. The van der Waals surface area contributed by atoms with Gasteiger partial charge in [-0.3, -0.25) is 4.79 Å². The highest BCUT2D eigenvalue weighted by Crippen LogP contribution is 2.17. The minimum Gasteiger partial charge on any atom is -0.354 e. The number of carbonyl (C=O) groups is 1. The number of nitrogens with one attached hydrogen (secondary N) is 2. The third-order valence-corrected chi connectivity index (χ3v) is 4.16. The number of likely N-dealkylation sites (N-methyl/N-ethyl adjacent to an activating group) is 1. The average molecular weight is 334 g/mol. The Kier molecular flexibility index (Phi) is 7.03. The number of halogens is 1. The molecule has 0 aromatic heterocycles. The van der Waals surface area contributed by atoms with Gasteiger partial charge in [-0.25, -0.2) is 9.38 Å². The van der Waals surface area contributed by atoms with E-state index in [2.05, 4.69) is 15.6 Å². The van der Waals surface area contributed by atoms with Crippen LogP contribution in [0.1, 0.15) is 37.7 Å². The molecule has 132 valence electrons. The van der Waals surface area contributed by atoms with Crippen molar-refractivity contribution < 1.29 is 9.18 Å². The van der Waals surface area contributed by atoms with E-state index in [9.17, 15) is 9.18 Å². The molecule has 1 aromatic carbocycles. The minimum atomic E-state index is -0.264. The monoisotopic (exact) mass is 334 g/mol. The van der Waals surface area contributed by atoms with Gasteiger partial charge in [-0.05, 0) is 30.5 Å². The number of guanidine groups is 1. The number of amides is 1. The number of hydrogen-bond donors (Lipinski definition) is 2.